The summed E-state index contributed by atoms with van der Waals surface area (Å²) in [5.74, 6) is 1.06. The highest BCUT2D eigenvalue weighted by atomic mass is 15.1. The predicted octanol–water partition coefficient (Wildman–Crippen LogP) is 3.15. The molecule has 0 amide bonds. The Hall–Kier alpha value is -0.550. The maximum Gasteiger partial charge on any atom is 0.0801 e. The minimum atomic E-state index is 1.06. The van der Waals surface area contributed by atoms with Crippen molar-refractivity contribution in [3.05, 3.63) is 6.57 Å². The van der Waals surface area contributed by atoms with Crippen LogP contribution in [0, 0.1) is 17.8 Å². The van der Waals surface area contributed by atoms with Crippen molar-refractivity contribution in [2.24, 2.45) is 5.92 Å². The molecule has 2 atom stereocenters. The van der Waals surface area contributed by atoms with Gasteiger partial charge in [0.05, 0.1) is 19.6 Å². The van der Waals surface area contributed by atoms with Gasteiger partial charge in [0.25, 0.3) is 0 Å². The van der Waals surface area contributed by atoms with Gasteiger partial charge in [-0.3, -0.25) is 0 Å². The summed E-state index contributed by atoms with van der Waals surface area (Å²) in [6.07, 6.45) is 13.0. The van der Waals surface area contributed by atoms with Gasteiger partial charge >= 0.3 is 0 Å². The Balaban J connectivity index is 0.00000137. The first-order chi connectivity index (χ1) is 8.86. The molecule has 0 aromatic heterocycles. The minimum Gasteiger partial charge on any atom is -0.512 e. The Morgan fingerprint density at radius 1 is 1.00 bits per heavy atom. The molecule has 0 bridgehead atoms. The van der Waals surface area contributed by atoms with Crippen molar-refractivity contribution in [3.63, 3.8) is 0 Å². The molecule has 1 N–H and O–H groups in total. The van der Waals surface area contributed by atoms with Crippen molar-refractivity contribution in [2.45, 2.75) is 71.6 Å². The summed E-state index contributed by atoms with van der Waals surface area (Å²) in [6, 6.07) is 0. The molecule has 106 valence electrons. The third-order valence-corrected chi connectivity index (χ3v) is 4.08. The molecule has 2 heteroatoms. The predicted molar refractivity (Wildman–Crippen MR) is 76.9 cm³/mol. The Bertz CT molecular complexity index is 189. The van der Waals surface area contributed by atoms with Gasteiger partial charge < -0.3 is 16.7 Å². The van der Waals surface area contributed by atoms with Crippen LogP contribution < -0.4 is 4.90 Å². The van der Waals surface area contributed by atoms with Crippen LogP contribution in [-0.4, -0.2) is 19.6 Å². The zero-order valence-electron chi connectivity index (χ0n) is 12.5. The molecule has 0 aliphatic carbocycles. The van der Waals surface area contributed by atoms with Gasteiger partial charge in [0.15, 0.2) is 0 Å². The van der Waals surface area contributed by atoms with Gasteiger partial charge in [-0.25, -0.2) is 0 Å². The van der Waals surface area contributed by atoms with Crippen molar-refractivity contribution in [1.29, 1.82) is 5.26 Å². The van der Waals surface area contributed by atoms with Crippen LogP contribution in [0.1, 0.15) is 71.6 Å². The molecule has 0 radical (unpaired) electrons. The smallest absolute Gasteiger partial charge is 0.0801 e. The molecular formula is C16H32N2. The fraction of sp³-hybridized carbons (Fsp3) is 0.938. The van der Waals surface area contributed by atoms with E-state index in [1.807, 2.05) is 4.90 Å². The standard InChI is InChI=1S/C15H31N.CN/c1-3-5-7-8-9-12-16-13-11-15(14-16)10-6-4-2;1-2/h15H,3-14H2,1-2H3;/q;-1/p+1. The van der Waals surface area contributed by atoms with Crippen molar-refractivity contribution >= 4 is 0 Å². The zero-order chi connectivity index (χ0) is 13.6. The van der Waals surface area contributed by atoms with Gasteiger partial charge in [-0.05, 0) is 19.3 Å². The number of hydrogen-bond acceptors (Lipinski definition) is 1. The van der Waals surface area contributed by atoms with Gasteiger partial charge in [-0.1, -0.05) is 46.0 Å². The van der Waals surface area contributed by atoms with Crippen LogP contribution in [-0.2, 0) is 0 Å². The number of likely N-dealkylation sites (tertiary alicyclic amines) is 1. The van der Waals surface area contributed by atoms with Crippen molar-refractivity contribution < 1.29 is 4.90 Å². The quantitative estimate of drug-likeness (QED) is 0.495. The molecule has 18 heavy (non-hydrogen) atoms. The van der Waals surface area contributed by atoms with Gasteiger partial charge in [-0.2, -0.15) is 0 Å². The monoisotopic (exact) mass is 252 g/mol. The largest absolute Gasteiger partial charge is 0.512 e. The van der Waals surface area contributed by atoms with E-state index in [9.17, 15) is 0 Å². The SMILES string of the molecule is CCCCCCC[NH+]1CCC(CCCC)C1.[C-]#N. The van der Waals surface area contributed by atoms with E-state index in [1.54, 1.807) is 0 Å². The van der Waals surface area contributed by atoms with Crippen molar-refractivity contribution in [3.8, 4) is 0 Å². The highest BCUT2D eigenvalue weighted by Crippen LogP contribution is 2.13. The second kappa shape index (κ2) is 12.9. The Kier molecular flexibility index (Phi) is 12.5. The molecule has 0 aromatic rings. The molecular weight excluding hydrogens is 220 g/mol. The lowest BCUT2D eigenvalue weighted by Gasteiger charge is -2.13. The van der Waals surface area contributed by atoms with Crippen LogP contribution in [0.4, 0.5) is 0 Å². The average Bonchev–Trinajstić information content (AvgIpc) is 2.86. The van der Waals surface area contributed by atoms with E-state index in [0.717, 1.165) is 5.92 Å². The van der Waals surface area contributed by atoms with Gasteiger partial charge in [-0.15, -0.1) is 0 Å². The van der Waals surface area contributed by atoms with Crippen LogP contribution >= 0.6 is 0 Å². The molecule has 1 rings (SSSR count). The third-order valence-electron chi connectivity index (χ3n) is 4.08. The third kappa shape index (κ3) is 8.53. The van der Waals surface area contributed by atoms with E-state index >= 15 is 0 Å². The first-order valence-corrected chi connectivity index (χ1v) is 7.92. The second-order valence-electron chi connectivity index (χ2n) is 5.67. The number of nitrogens with one attached hydrogen (secondary N) is 1. The second-order valence-corrected chi connectivity index (χ2v) is 5.67. The van der Waals surface area contributed by atoms with Gasteiger partial charge in [0.2, 0.25) is 0 Å². The fourth-order valence-corrected chi connectivity index (χ4v) is 2.97. The van der Waals surface area contributed by atoms with Crippen LogP contribution in [0.2, 0.25) is 0 Å². The molecule has 1 aliphatic rings. The number of rotatable bonds is 9. The van der Waals surface area contributed by atoms with Crippen LogP contribution in [0.15, 0.2) is 0 Å². The molecule has 2 unspecified atom stereocenters. The zero-order valence-corrected chi connectivity index (χ0v) is 12.5. The van der Waals surface area contributed by atoms with E-state index in [2.05, 4.69) is 13.8 Å². The molecule has 1 saturated heterocycles. The van der Waals surface area contributed by atoms with E-state index in [-0.39, 0.29) is 0 Å². The lowest BCUT2D eigenvalue weighted by molar-refractivity contribution is -0.889. The highest BCUT2D eigenvalue weighted by Gasteiger charge is 2.24. The van der Waals surface area contributed by atoms with Gasteiger partial charge in [0, 0.05) is 12.3 Å². The fourth-order valence-electron chi connectivity index (χ4n) is 2.97. The summed E-state index contributed by atoms with van der Waals surface area (Å²) in [5.41, 5.74) is 0. The molecule has 1 fully saturated rings. The first-order valence-electron chi connectivity index (χ1n) is 7.92. The molecule has 0 spiro atoms. The molecule has 1 aliphatic heterocycles. The summed E-state index contributed by atoms with van der Waals surface area (Å²) in [4.78, 5) is 1.90. The Morgan fingerprint density at radius 2 is 1.67 bits per heavy atom. The van der Waals surface area contributed by atoms with Crippen molar-refractivity contribution in [2.75, 3.05) is 19.6 Å². The van der Waals surface area contributed by atoms with Crippen LogP contribution in [0.25, 0.3) is 0 Å². The number of quaternary nitrogens is 1. The number of nitrogens with zero attached hydrogens (tertiary/aromatic N) is 1. The molecule has 0 saturated carbocycles. The average molecular weight is 252 g/mol. The van der Waals surface area contributed by atoms with Crippen molar-refractivity contribution in [1.82, 2.24) is 0 Å². The maximum absolute atomic E-state index is 6.25. The lowest BCUT2D eigenvalue weighted by atomic mass is 10.0. The van der Waals surface area contributed by atoms with Gasteiger partial charge in [0.1, 0.15) is 0 Å². The highest BCUT2D eigenvalue weighted by molar-refractivity contribution is 4.62. The van der Waals surface area contributed by atoms with Crippen LogP contribution in [0.5, 0.6) is 0 Å². The summed E-state index contributed by atoms with van der Waals surface area (Å²) in [6.45, 7) is 13.7. The lowest BCUT2D eigenvalue weighted by Crippen LogP contribution is -3.10. The maximum atomic E-state index is 6.25. The topological polar surface area (TPSA) is 28.2 Å². The summed E-state index contributed by atoms with van der Waals surface area (Å²) < 4.78 is 0. The summed E-state index contributed by atoms with van der Waals surface area (Å²) >= 11 is 0. The molecule has 1 heterocycles. The minimum absolute atomic E-state index is 1.06. The Labute approximate surface area is 114 Å². The molecule has 2 nitrogen and oxygen atoms in total. The van der Waals surface area contributed by atoms with Crippen LogP contribution in [0.3, 0.4) is 0 Å². The van der Waals surface area contributed by atoms with E-state index < -0.39 is 0 Å². The normalized spacial score (nSPS) is 22.4. The summed E-state index contributed by atoms with van der Waals surface area (Å²) in [5, 5.41) is 6.25. The molecule has 0 aromatic carbocycles. The number of hydrogen-bond donors (Lipinski definition) is 1. The number of unbranched alkanes of at least 4 members (excludes halogenated alkanes) is 5. The Morgan fingerprint density at radius 3 is 2.33 bits per heavy atom. The summed E-state index contributed by atoms with van der Waals surface area (Å²) in [7, 11) is 0. The first kappa shape index (κ1) is 17.4. The van der Waals surface area contributed by atoms with E-state index in [1.165, 1.54) is 77.4 Å². The van der Waals surface area contributed by atoms with E-state index in [4.69, 9.17) is 11.8 Å². The van der Waals surface area contributed by atoms with E-state index in [0.29, 0.717) is 0 Å².